The molecule has 0 unspecified atom stereocenters. The van der Waals surface area contributed by atoms with Gasteiger partial charge >= 0.3 is 5.97 Å². The molecule has 0 atom stereocenters. The number of esters is 1. The largest absolute Gasteiger partial charge is 0.461 e. The van der Waals surface area contributed by atoms with Crippen molar-refractivity contribution in [2.75, 3.05) is 6.61 Å². The van der Waals surface area contributed by atoms with Crippen LogP contribution in [0.4, 0.5) is 0 Å². The van der Waals surface area contributed by atoms with E-state index in [2.05, 4.69) is 15.4 Å². The first kappa shape index (κ1) is 14.8. The van der Waals surface area contributed by atoms with Crippen molar-refractivity contribution in [3.05, 3.63) is 52.8 Å². The van der Waals surface area contributed by atoms with Crippen molar-refractivity contribution in [3.63, 3.8) is 0 Å². The number of oxime groups is 1. The molecule has 0 aliphatic rings. The molecule has 110 valence electrons. The lowest BCUT2D eigenvalue weighted by molar-refractivity contribution is 0.0518. The zero-order valence-electron chi connectivity index (χ0n) is 12.0. The summed E-state index contributed by atoms with van der Waals surface area (Å²) in [5.74, 6) is -0.484. The van der Waals surface area contributed by atoms with E-state index in [1.807, 2.05) is 37.3 Å². The molecule has 2 rings (SSSR count). The summed E-state index contributed by atoms with van der Waals surface area (Å²) < 4.78 is 4.98. The van der Waals surface area contributed by atoms with E-state index in [0.717, 1.165) is 11.3 Å². The first-order valence-corrected chi connectivity index (χ1v) is 6.64. The van der Waals surface area contributed by atoms with Crippen LogP contribution in [0.5, 0.6) is 0 Å². The molecule has 1 aromatic carbocycles. The maximum absolute atomic E-state index is 11.9. The van der Waals surface area contributed by atoms with Gasteiger partial charge in [0.25, 0.3) is 0 Å². The second kappa shape index (κ2) is 6.69. The highest BCUT2D eigenvalue weighted by atomic mass is 16.5. The van der Waals surface area contributed by atoms with Crippen LogP contribution in [0.25, 0.3) is 0 Å². The third-order valence-corrected chi connectivity index (χ3v) is 3.11. The van der Waals surface area contributed by atoms with Crippen LogP contribution in [0.3, 0.4) is 0 Å². The van der Waals surface area contributed by atoms with E-state index in [9.17, 15) is 10.0 Å². The van der Waals surface area contributed by atoms with Crippen molar-refractivity contribution < 1.29 is 14.7 Å². The van der Waals surface area contributed by atoms with Gasteiger partial charge in [-0.15, -0.1) is 0 Å². The van der Waals surface area contributed by atoms with Gasteiger partial charge in [-0.05, 0) is 19.4 Å². The van der Waals surface area contributed by atoms with E-state index in [0.29, 0.717) is 11.3 Å². The van der Waals surface area contributed by atoms with Crippen molar-refractivity contribution >= 4 is 11.7 Å². The van der Waals surface area contributed by atoms with Crippen LogP contribution in [-0.2, 0) is 11.2 Å². The summed E-state index contributed by atoms with van der Waals surface area (Å²) in [6.45, 7) is 3.83. The molecule has 6 nitrogen and oxygen atoms in total. The summed E-state index contributed by atoms with van der Waals surface area (Å²) in [7, 11) is 0. The highest BCUT2D eigenvalue weighted by Crippen LogP contribution is 2.16. The molecule has 0 aliphatic carbocycles. The summed E-state index contributed by atoms with van der Waals surface area (Å²) >= 11 is 0. The first-order chi connectivity index (χ1) is 10.2. The Bertz CT molecular complexity index is 647. The number of H-pyrrole nitrogens is 1. The number of benzene rings is 1. The number of aryl methyl sites for hydroxylation is 1. The molecule has 0 fully saturated rings. The predicted octanol–water partition coefficient (Wildman–Crippen LogP) is 2.32. The topological polar surface area (TPSA) is 87.6 Å². The highest BCUT2D eigenvalue weighted by Gasteiger charge is 2.20. The Balaban J connectivity index is 2.31. The van der Waals surface area contributed by atoms with Gasteiger partial charge in [-0.1, -0.05) is 35.5 Å². The van der Waals surface area contributed by atoms with Gasteiger partial charge in [-0.2, -0.15) is 5.10 Å². The summed E-state index contributed by atoms with van der Waals surface area (Å²) in [4.78, 5) is 11.9. The van der Waals surface area contributed by atoms with E-state index < -0.39 is 5.97 Å². The Morgan fingerprint density at radius 2 is 2.10 bits per heavy atom. The SMILES string of the molecule is CCOC(=O)c1n[nH]c(C)c1CC(=NO)c1ccccc1. The van der Waals surface area contributed by atoms with Gasteiger partial charge in [0.2, 0.25) is 0 Å². The zero-order chi connectivity index (χ0) is 15.2. The summed E-state index contributed by atoms with van der Waals surface area (Å²) in [6, 6.07) is 9.28. The van der Waals surface area contributed by atoms with E-state index in [1.54, 1.807) is 6.92 Å². The molecule has 0 amide bonds. The second-order valence-electron chi connectivity index (χ2n) is 4.49. The molecule has 1 aromatic heterocycles. The fourth-order valence-corrected chi connectivity index (χ4v) is 2.03. The van der Waals surface area contributed by atoms with Crippen molar-refractivity contribution in [2.45, 2.75) is 20.3 Å². The Hall–Kier alpha value is -2.63. The number of ether oxygens (including phenoxy) is 1. The average molecular weight is 287 g/mol. The standard InChI is InChI=1S/C15H17N3O3/c1-3-21-15(19)14-12(10(2)16-17-14)9-13(18-20)11-7-5-4-6-8-11/h4-8,20H,3,9H2,1-2H3,(H,16,17). The molecule has 2 aromatic rings. The Morgan fingerprint density at radius 1 is 1.38 bits per heavy atom. The van der Waals surface area contributed by atoms with Crippen molar-refractivity contribution in [2.24, 2.45) is 5.16 Å². The van der Waals surface area contributed by atoms with Gasteiger partial charge in [0.15, 0.2) is 5.69 Å². The molecule has 0 bridgehead atoms. The Morgan fingerprint density at radius 3 is 2.71 bits per heavy atom. The lowest BCUT2D eigenvalue weighted by atomic mass is 10.0. The van der Waals surface area contributed by atoms with Crippen molar-refractivity contribution in [3.8, 4) is 0 Å². The van der Waals surface area contributed by atoms with Gasteiger partial charge < -0.3 is 9.94 Å². The predicted molar refractivity (Wildman–Crippen MR) is 77.8 cm³/mol. The molecule has 2 N–H and O–H groups in total. The van der Waals surface area contributed by atoms with E-state index in [1.165, 1.54) is 0 Å². The van der Waals surface area contributed by atoms with E-state index in [-0.39, 0.29) is 18.7 Å². The van der Waals surface area contributed by atoms with Gasteiger partial charge in [-0.25, -0.2) is 4.79 Å². The number of hydrogen-bond acceptors (Lipinski definition) is 5. The van der Waals surface area contributed by atoms with Gasteiger partial charge in [0.1, 0.15) is 0 Å². The van der Waals surface area contributed by atoms with Gasteiger partial charge in [0.05, 0.1) is 12.3 Å². The Labute approximate surface area is 122 Å². The molecular weight excluding hydrogens is 270 g/mol. The maximum Gasteiger partial charge on any atom is 0.359 e. The maximum atomic E-state index is 11.9. The number of rotatable bonds is 5. The summed E-state index contributed by atoms with van der Waals surface area (Å²) in [6.07, 6.45) is 0.289. The van der Waals surface area contributed by atoms with Crippen LogP contribution in [0.15, 0.2) is 35.5 Å². The minimum atomic E-state index is -0.484. The smallest absolute Gasteiger partial charge is 0.359 e. The minimum absolute atomic E-state index is 0.228. The van der Waals surface area contributed by atoms with Crippen LogP contribution in [0.1, 0.15) is 34.2 Å². The second-order valence-corrected chi connectivity index (χ2v) is 4.49. The quantitative estimate of drug-likeness (QED) is 0.382. The molecule has 0 aliphatic heterocycles. The number of aromatic amines is 1. The Kier molecular flexibility index (Phi) is 4.71. The number of hydrogen-bond donors (Lipinski definition) is 2. The number of carbonyl (C=O) groups is 1. The normalized spacial score (nSPS) is 11.4. The van der Waals surface area contributed by atoms with Crippen LogP contribution in [0.2, 0.25) is 0 Å². The summed E-state index contributed by atoms with van der Waals surface area (Å²) in [5, 5.41) is 19.3. The van der Waals surface area contributed by atoms with Crippen molar-refractivity contribution in [1.82, 2.24) is 10.2 Å². The molecule has 0 radical (unpaired) electrons. The first-order valence-electron chi connectivity index (χ1n) is 6.64. The number of nitrogens with one attached hydrogen (secondary N) is 1. The molecule has 0 saturated heterocycles. The fraction of sp³-hybridized carbons (Fsp3) is 0.267. The lowest BCUT2D eigenvalue weighted by Gasteiger charge is -2.06. The fourth-order valence-electron chi connectivity index (χ4n) is 2.03. The third kappa shape index (κ3) is 3.28. The van der Waals surface area contributed by atoms with E-state index in [4.69, 9.17) is 4.74 Å². The molecule has 21 heavy (non-hydrogen) atoms. The van der Waals surface area contributed by atoms with Gasteiger partial charge in [-0.3, -0.25) is 5.10 Å². The van der Waals surface area contributed by atoms with Gasteiger partial charge in [0, 0.05) is 17.7 Å². The molecule has 0 saturated carbocycles. The lowest BCUT2D eigenvalue weighted by Crippen LogP contribution is -2.12. The minimum Gasteiger partial charge on any atom is -0.461 e. The number of aromatic nitrogens is 2. The van der Waals surface area contributed by atoms with Crippen LogP contribution in [-0.4, -0.2) is 33.7 Å². The summed E-state index contributed by atoms with van der Waals surface area (Å²) in [5.41, 5.74) is 2.90. The van der Waals surface area contributed by atoms with Crippen LogP contribution in [0, 0.1) is 6.92 Å². The highest BCUT2D eigenvalue weighted by molar-refractivity contribution is 6.03. The van der Waals surface area contributed by atoms with Crippen LogP contribution < -0.4 is 0 Å². The number of carbonyl (C=O) groups excluding carboxylic acids is 1. The van der Waals surface area contributed by atoms with E-state index >= 15 is 0 Å². The molecule has 6 heteroatoms. The molecular formula is C15H17N3O3. The van der Waals surface area contributed by atoms with Crippen LogP contribution >= 0.6 is 0 Å². The molecule has 1 heterocycles. The zero-order valence-corrected chi connectivity index (χ0v) is 12.0. The monoisotopic (exact) mass is 287 g/mol. The third-order valence-electron chi connectivity index (χ3n) is 3.11. The van der Waals surface area contributed by atoms with Crippen molar-refractivity contribution in [1.29, 1.82) is 0 Å². The average Bonchev–Trinajstić information content (AvgIpc) is 2.87. The molecule has 0 spiro atoms. The number of nitrogens with zero attached hydrogens (tertiary/aromatic N) is 2.